The molecule has 0 aromatic carbocycles. The average Bonchev–Trinajstić information content (AvgIpc) is 2.85. The fraction of sp³-hybridized carbons (Fsp3) is 0.250. The van der Waals surface area contributed by atoms with Crippen molar-refractivity contribution in [3.05, 3.63) is 42.0 Å². The number of aliphatic hydroxyl groups is 1. The molecule has 2 aromatic rings. The minimum absolute atomic E-state index is 0.0793. The second-order valence-electron chi connectivity index (χ2n) is 3.47. The summed E-state index contributed by atoms with van der Waals surface area (Å²) in [6.07, 6.45) is 1.69. The Morgan fingerprint density at radius 3 is 2.71 bits per heavy atom. The highest BCUT2D eigenvalue weighted by molar-refractivity contribution is 5.42. The molecule has 17 heavy (non-hydrogen) atoms. The molecule has 0 amide bonds. The van der Waals surface area contributed by atoms with E-state index in [4.69, 9.17) is 14.3 Å². The SMILES string of the molecule is COc1ccc(NCc2ccc(CO)o2)cn1. The van der Waals surface area contributed by atoms with Crippen molar-refractivity contribution in [2.75, 3.05) is 12.4 Å². The number of nitrogens with one attached hydrogen (secondary N) is 1. The summed E-state index contributed by atoms with van der Waals surface area (Å²) >= 11 is 0. The second kappa shape index (κ2) is 5.36. The first-order valence-corrected chi connectivity index (χ1v) is 5.24. The molecule has 90 valence electrons. The van der Waals surface area contributed by atoms with Crippen molar-refractivity contribution in [2.45, 2.75) is 13.2 Å². The van der Waals surface area contributed by atoms with Crippen molar-refractivity contribution in [3.8, 4) is 5.88 Å². The van der Waals surface area contributed by atoms with E-state index in [0.717, 1.165) is 11.4 Å². The molecule has 0 aliphatic heterocycles. The molecule has 0 aliphatic rings. The van der Waals surface area contributed by atoms with Gasteiger partial charge in [0.1, 0.15) is 18.1 Å². The van der Waals surface area contributed by atoms with Gasteiger partial charge in [0.15, 0.2) is 0 Å². The summed E-state index contributed by atoms with van der Waals surface area (Å²) in [4.78, 5) is 4.08. The lowest BCUT2D eigenvalue weighted by Gasteiger charge is -2.04. The lowest BCUT2D eigenvalue weighted by molar-refractivity contribution is 0.244. The smallest absolute Gasteiger partial charge is 0.213 e. The quantitative estimate of drug-likeness (QED) is 0.825. The van der Waals surface area contributed by atoms with Gasteiger partial charge in [-0.3, -0.25) is 0 Å². The Balaban J connectivity index is 1.92. The third-order valence-corrected chi connectivity index (χ3v) is 2.29. The Hall–Kier alpha value is -2.01. The van der Waals surface area contributed by atoms with Gasteiger partial charge in [0.2, 0.25) is 5.88 Å². The van der Waals surface area contributed by atoms with E-state index < -0.39 is 0 Å². The molecule has 0 aliphatic carbocycles. The summed E-state index contributed by atoms with van der Waals surface area (Å²) in [5.41, 5.74) is 0.882. The number of furan rings is 1. The molecule has 0 saturated heterocycles. The Morgan fingerprint density at radius 1 is 1.29 bits per heavy atom. The normalized spacial score (nSPS) is 10.2. The van der Waals surface area contributed by atoms with Gasteiger partial charge in [-0.2, -0.15) is 0 Å². The summed E-state index contributed by atoms with van der Waals surface area (Å²) in [7, 11) is 1.58. The maximum atomic E-state index is 8.86. The van der Waals surface area contributed by atoms with Gasteiger partial charge >= 0.3 is 0 Å². The topological polar surface area (TPSA) is 67.5 Å². The highest BCUT2D eigenvalue weighted by Gasteiger charge is 2.01. The monoisotopic (exact) mass is 234 g/mol. The number of nitrogens with zero attached hydrogens (tertiary/aromatic N) is 1. The Kier molecular flexibility index (Phi) is 3.62. The van der Waals surface area contributed by atoms with E-state index >= 15 is 0 Å². The zero-order valence-corrected chi connectivity index (χ0v) is 9.51. The van der Waals surface area contributed by atoms with Gasteiger partial charge < -0.3 is 19.6 Å². The van der Waals surface area contributed by atoms with Crippen LogP contribution in [0.4, 0.5) is 5.69 Å². The second-order valence-corrected chi connectivity index (χ2v) is 3.47. The van der Waals surface area contributed by atoms with Crippen LogP contribution in [0, 0.1) is 0 Å². The lowest BCUT2D eigenvalue weighted by Crippen LogP contribution is -1.98. The highest BCUT2D eigenvalue weighted by Crippen LogP contribution is 2.13. The molecule has 0 atom stereocenters. The molecule has 2 rings (SSSR count). The van der Waals surface area contributed by atoms with Crippen LogP contribution in [0.25, 0.3) is 0 Å². The maximum Gasteiger partial charge on any atom is 0.213 e. The molecule has 0 radical (unpaired) electrons. The first-order valence-electron chi connectivity index (χ1n) is 5.24. The molecule has 2 N–H and O–H groups in total. The zero-order chi connectivity index (χ0) is 12.1. The number of methoxy groups -OCH3 is 1. The number of aromatic nitrogens is 1. The van der Waals surface area contributed by atoms with E-state index in [0.29, 0.717) is 18.2 Å². The van der Waals surface area contributed by atoms with Crippen molar-refractivity contribution in [1.82, 2.24) is 4.98 Å². The minimum atomic E-state index is -0.0793. The van der Waals surface area contributed by atoms with Crippen LogP contribution in [0.1, 0.15) is 11.5 Å². The van der Waals surface area contributed by atoms with E-state index in [2.05, 4.69) is 10.3 Å². The first-order chi connectivity index (χ1) is 8.31. The zero-order valence-electron chi connectivity index (χ0n) is 9.51. The van der Waals surface area contributed by atoms with Crippen LogP contribution >= 0.6 is 0 Å². The molecule has 2 heterocycles. The molecule has 5 heteroatoms. The van der Waals surface area contributed by atoms with Gasteiger partial charge in [-0.05, 0) is 18.2 Å². The Labute approximate surface area is 99.1 Å². The van der Waals surface area contributed by atoms with E-state index in [1.54, 1.807) is 25.4 Å². The van der Waals surface area contributed by atoms with Gasteiger partial charge in [-0.1, -0.05) is 0 Å². The Bertz CT molecular complexity index is 465. The number of hydrogen-bond acceptors (Lipinski definition) is 5. The van der Waals surface area contributed by atoms with Crippen LogP contribution in [0.15, 0.2) is 34.9 Å². The minimum Gasteiger partial charge on any atom is -0.481 e. The van der Waals surface area contributed by atoms with Crippen molar-refractivity contribution in [3.63, 3.8) is 0 Å². The predicted molar refractivity (Wildman–Crippen MR) is 62.7 cm³/mol. The maximum absolute atomic E-state index is 8.86. The largest absolute Gasteiger partial charge is 0.481 e. The van der Waals surface area contributed by atoms with Crippen LogP contribution in [0.3, 0.4) is 0 Å². The van der Waals surface area contributed by atoms with Crippen molar-refractivity contribution < 1.29 is 14.3 Å². The first kappa shape index (κ1) is 11.5. The van der Waals surface area contributed by atoms with Gasteiger partial charge in [0.25, 0.3) is 0 Å². The van der Waals surface area contributed by atoms with E-state index in [1.807, 2.05) is 12.1 Å². The van der Waals surface area contributed by atoms with Crippen LogP contribution in [0.5, 0.6) is 5.88 Å². The summed E-state index contributed by atoms with van der Waals surface area (Å²) in [6, 6.07) is 7.24. The summed E-state index contributed by atoms with van der Waals surface area (Å²) < 4.78 is 10.3. The van der Waals surface area contributed by atoms with Crippen molar-refractivity contribution >= 4 is 5.69 Å². The van der Waals surface area contributed by atoms with Crippen LogP contribution in [-0.2, 0) is 13.2 Å². The number of ether oxygens (including phenoxy) is 1. The third-order valence-electron chi connectivity index (χ3n) is 2.29. The summed E-state index contributed by atoms with van der Waals surface area (Å²) in [5.74, 6) is 1.91. The lowest BCUT2D eigenvalue weighted by atomic mass is 10.4. The van der Waals surface area contributed by atoms with Crippen LogP contribution in [-0.4, -0.2) is 17.2 Å². The Morgan fingerprint density at radius 2 is 2.12 bits per heavy atom. The average molecular weight is 234 g/mol. The third kappa shape index (κ3) is 2.98. The fourth-order valence-electron chi connectivity index (χ4n) is 1.40. The number of aliphatic hydroxyl groups excluding tert-OH is 1. The van der Waals surface area contributed by atoms with E-state index in [9.17, 15) is 0 Å². The van der Waals surface area contributed by atoms with Crippen molar-refractivity contribution in [2.24, 2.45) is 0 Å². The number of hydrogen-bond donors (Lipinski definition) is 2. The van der Waals surface area contributed by atoms with E-state index in [1.165, 1.54) is 0 Å². The molecule has 0 unspecified atom stereocenters. The molecular weight excluding hydrogens is 220 g/mol. The van der Waals surface area contributed by atoms with Crippen LogP contribution in [0.2, 0.25) is 0 Å². The molecule has 2 aromatic heterocycles. The number of rotatable bonds is 5. The molecular formula is C12H14N2O3. The highest BCUT2D eigenvalue weighted by atomic mass is 16.5. The predicted octanol–water partition coefficient (Wildman–Crippen LogP) is 1.79. The molecule has 0 saturated carbocycles. The van der Waals surface area contributed by atoms with Crippen molar-refractivity contribution in [1.29, 1.82) is 0 Å². The number of anilines is 1. The molecule has 0 fully saturated rings. The van der Waals surface area contributed by atoms with Gasteiger partial charge in [-0.15, -0.1) is 0 Å². The molecule has 0 spiro atoms. The van der Waals surface area contributed by atoms with Gasteiger partial charge in [0.05, 0.1) is 25.5 Å². The standard InChI is InChI=1S/C12H14N2O3/c1-16-12-5-2-9(6-14-12)13-7-10-3-4-11(8-15)17-10/h2-6,13,15H,7-8H2,1H3. The van der Waals surface area contributed by atoms with Gasteiger partial charge in [0, 0.05) is 6.07 Å². The van der Waals surface area contributed by atoms with E-state index in [-0.39, 0.29) is 6.61 Å². The van der Waals surface area contributed by atoms with Gasteiger partial charge in [-0.25, -0.2) is 4.98 Å². The number of pyridine rings is 1. The molecule has 5 nitrogen and oxygen atoms in total. The fourth-order valence-corrected chi connectivity index (χ4v) is 1.40. The molecule has 0 bridgehead atoms. The summed E-state index contributed by atoms with van der Waals surface area (Å²) in [6.45, 7) is 0.470. The van der Waals surface area contributed by atoms with Crippen LogP contribution < -0.4 is 10.1 Å². The summed E-state index contributed by atoms with van der Waals surface area (Å²) in [5, 5.41) is 12.0.